The molecule has 0 aromatic rings. The molecular weight excluding hydrogens is 244 g/mol. The molecule has 1 atom stereocenters. The standard InChI is InChI=1S/C15H21ClN2/c1-10-8-12-9-18-7-5-3-4-6-13(18)17-15(12)11(2)14(10)16/h10H,3-9H2,1-2H3. The zero-order valence-electron chi connectivity index (χ0n) is 11.3. The summed E-state index contributed by atoms with van der Waals surface area (Å²) in [6.45, 7) is 6.61. The van der Waals surface area contributed by atoms with Crippen molar-refractivity contribution in [2.75, 3.05) is 13.1 Å². The van der Waals surface area contributed by atoms with Crippen molar-refractivity contribution in [2.24, 2.45) is 10.9 Å². The number of aliphatic imine (C=N–C) groups is 1. The Kier molecular flexibility index (Phi) is 3.23. The Morgan fingerprint density at radius 1 is 1.28 bits per heavy atom. The first-order valence-electron chi connectivity index (χ1n) is 7.08. The Hall–Kier alpha value is -0.760. The molecule has 0 N–H and O–H groups in total. The molecule has 0 amide bonds. The third-order valence-corrected chi connectivity index (χ3v) is 5.01. The summed E-state index contributed by atoms with van der Waals surface area (Å²) in [6, 6.07) is 0. The monoisotopic (exact) mass is 264 g/mol. The highest BCUT2D eigenvalue weighted by Crippen LogP contribution is 2.39. The molecule has 0 radical (unpaired) electrons. The lowest BCUT2D eigenvalue weighted by Gasteiger charge is -2.34. The van der Waals surface area contributed by atoms with Gasteiger partial charge in [0.2, 0.25) is 0 Å². The van der Waals surface area contributed by atoms with E-state index in [0.29, 0.717) is 5.92 Å². The van der Waals surface area contributed by atoms with Crippen molar-refractivity contribution in [3.05, 3.63) is 21.9 Å². The molecule has 3 heteroatoms. The summed E-state index contributed by atoms with van der Waals surface area (Å²) in [5.41, 5.74) is 3.91. The van der Waals surface area contributed by atoms with Gasteiger partial charge in [0.15, 0.2) is 0 Å². The van der Waals surface area contributed by atoms with Crippen molar-refractivity contribution in [3.8, 4) is 0 Å². The SMILES string of the molecule is CC1=C(Cl)C(C)CC2=C1N=C1CCCCCN1C2. The number of hydrogen-bond donors (Lipinski definition) is 0. The number of rotatable bonds is 0. The number of halogens is 1. The summed E-state index contributed by atoms with van der Waals surface area (Å²) in [5, 5.41) is 1.01. The van der Waals surface area contributed by atoms with Crippen molar-refractivity contribution < 1.29 is 0 Å². The van der Waals surface area contributed by atoms with Crippen LogP contribution in [0.1, 0.15) is 46.0 Å². The lowest BCUT2D eigenvalue weighted by Crippen LogP contribution is -2.36. The Labute approximate surface area is 114 Å². The zero-order valence-corrected chi connectivity index (χ0v) is 12.1. The van der Waals surface area contributed by atoms with Crippen LogP contribution in [0.2, 0.25) is 0 Å². The minimum Gasteiger partial charge on any atom is -0.356 e. The van der Waals surface area contributed by atoms with E-state index in [1.165, 1.54) is 48.5 Å². The van der Waals surface area contributed by atoms with Crippen LogP contribution in [0.25, 0.3) is 0 Å². The Morgan fingerprint density at radius 2 is 2.11 bits per heavy atom. The van der Waals surface area contributed by atoms with Gasteiger partial charge in [-0.05, 0) is 43.3 Å². The molecule has 98 valence electrons. The number of nitrogens with zero attached hydrogens (tertiary/aromatic N) is 2. The highest BCUT2D eigenvalue weighted by Gasteiger charge is 2.29. The maximum Gasteiger partial charge on any atom is 0.105 e. The van der Waals surface area contributed by atoms with Crippen LogP contribution < -0.4 is 0 Å². The van der Waals surface area contributed by atoms with E-state index in [1.807, 2.05) is 0 Å². The van der Waals surface area contributed by atoms with Crippen LogP contribution in [-0.4, -0.2) is 23.8 Å². The third kappa shape index (κ3) is 2.01. The number of amidine groups is 1. The summed E-state index contributed by atoms with van der Waals surface area (Å²) in [7, 11) is 0. The van der Waals surface area contributed by atoms with Crippen LogP contribution in [0.15, 0.2) is 26.9 Å². The molecule has 2 aliphatic heterocycles. The van der Waals surface area contributed by atoms with Gasteiger partial charge in [0.1, 0.15) is 5.84 Å². The molecular formula is C15H21ClN2. The number of allylic oxidation sites excluding steroid dienone is 2. The quantitative estimate of drug-likeness (QED) is 0.644. The van der Waals surface area contributed by atoms with Crippen LogP contribution in [0, 0.1) is 5.92 Å². The van der Waals surface area contributed by atoms with Gasteiger partial charge in [-0.2, -0.15) is 0 Å². The molecule has 0 bridgehead atoms. The van der Waals surface area contributed by atoms with Crippen LogP contribution in [0.4, 0.5) is 0 Å². The molecule has 1 saturated heterocycles. The van der Waals surface area contributed by atoms with E-state index in [9.17, 15) is 0 Å². The first-order chi connectivity index (χ1) is 8.66. The molecule has 3 aliphatic rings. The Balaban J connectivity index is 1.97. The molecule has 0 spiro atoms. The number of hydrogen-bond acceptors (Lipinski definition) is 2. The molecule has 1 fully saturated rings. The van der Waals surface area contributed by atoms with E-state index in [2.05, 4.69) is 18.7 Å². The van der Waals surface area contributed by atoms with Gasteiger partial charge < -0.3 is 4.90 Å². The normalized spacial score (nSPS) is 28.7. The van der Waals surface area contributed by atoms with Crippen LogP contribution in [-0.2, 0) is 0 Å². The van der Waals surface area contributed by atoms with Crippen molar-refractivity contribution in [1.29, 1.82) is 0 Å². The molecule has 3 rings (SSSR count). The minimum absolute atomic E-state index is 0.467. The van der Waals surface area contributed by atoms with Gasteiger partial charge in [-0.25, -0.2) is 4.99 Å². The van der Waals surface area contributed by atoms with Gasteiger partial charge in [0, 0.05) is 24.5 Å². The molecule has 0 aromatic heterocycles. The highest BCUT2D eigenvalue weighted by molar-refractivity contribution is 6.30. The first-order valence-corrected chi connectivity index (χ1v) is 7.46. The zero-order chi connectivity index (χ0) is 12.7. The molecule has 0 saturated carbocycles. The molecule has 1 unspecified atom stereocenters. The highest BCUT2D eigenvalue weighted by atomic mass is 35.5. The second kappa shape index (κ2) is 4.73. The van der Waals surface area contributed by atoms with Gasteiger partial charge in [0.05, 0.1) is 5.70 Å². The fourth-order valence-corrected chi connectivity index (χ4v) is 3.48. The summed E-state index contributed by atoms with van der Waals surface area (Å²) in [4.78, 5) is 7.42. The second-order valence-electron chi connectivity index (χ2n) is 5.79. The predicted molar refractivity (Wildman–Crippen MR) is 76.8 cm³/mol. The Morgan fingerprint density at radius 3 is 2.94 bits per heavy atom. The topological polar surface area (TPSA) is 15.6 Å². The van der Waals surface area contributed by atoms with Gasteiger partial charge in [-0.15, -0.1) is 0 Å². The van der Waals surface area contributed by atoms with Gasteiger partial charge in [-0.3, -0.25) is 0 Å². The first kappa shape index (κ1) is 12.3. The van der Waals surface area contributed by atoms with Gasteiger partial charge in [-0.1, -0.05) is 24.9 Å². The van der Waals surface area contributed by atoms with E-state index in [0.717, 1.165) is 24.4 Å². The van der Waals surface area contributed by atoms with Crippen molar-refractivity contribution in [3.63, 3.8) is 0 Å². The summed E-state index contributed by atoms with van der Waals surface area (Å²) >= 11 is 6.41. The molecule has 2 heterocycles. The average molecular weight is 265 g/mol. The van der Waals surface area contributed by atoms with Crippen molar-refractivity contribution in [1.82, 2.24) is 4.90 Å². The molecule has 0 aromatic carbocycles. The van der Waals surface area contributed by atoms with Crippen LogP contribution >= 0.6 is 11.6 Å². The molecule has 1 aliphatic carbocycles. The minimum atomic E-state index is 0.467. The maximum atomic E-state index is 6.41. The average Bonchev–Trinajstić information content (AvgIpc) is 2.59. The third-order valence-electron chi connectivity index (χ3n) is 4.35. The second-order valence-corrected chi connectivity index (χ2v) is 6.20. The lowest BCUT2D eigenvalue weighted by atomic mass is 9.88. The van der Waals surface area contributed by atoms with Crippen LogP contribution in [0.5, 0.6) is 0 Å². The van der Waals surface area contributed by atoms with Crippen LogP contribution in [0.3, 0.4) is 0 Å². The summed E-state index contributed by atoms with van der Waals surface area (Å²) in [6.07, 6.45) is 6.15. The lowest BCUT2D eigenvalue weighted by molar-refractivity contribution is 0.423. The molecule has 18 heavy (non-hydrogen) atoms. The van der Waals surface area contributed by atoms with E-state index in [1.54, 1.807) is 0 Å². The Bertz CT molecular complexity index is 459. The number of fused-ring (bicyclic) bond motifs is 1. The van der Waals surface area contributed by atoms with Crippen molar-refractivity contribution >= 4 is 17.4 Å². The smallest absolute Gasteiger partial charge is 0.105 e. The van der Waals surface area contributed by atoms with Gasteiger partial charge in [0.25, 0.3) is 0 Å². The van der Waals surface area contributed by atoms with E-state index < -0.39 is 0 Å². The summed E-state index contributed by atoms with van der Waals surface area (Å²) < 4.78 is 0. The fraction of sp³-hybridized carbons (Fsp3) is 0.667. The fourth-order valence-electron chi connectivity index (χ4n) is 3.31. The summed E-state index contributed by atoms with van der Waals surface area (Å²) in [5.74, 6) is 1.76. The maximum absolute atomic E-state index is 6.41. The largest absolute Gasteiger partial charge is 0.356 e. The van der Waals surface area contributed by atoms with E-state index >= 15 is 0 Å². The van der Waals surface area contributed by atoms with E-state index in [4.69, 9.17) is 16.6 Å². The van der Waals surface area contributed by atoms with Crippen molar-refractivity contribution in [2.45, 2.75) is 46.0 Å². The van der Waals surface area contributed by atoms with E-state index in [-0.39, 0.29) is 0 Å². The van der Waals surface area contributed by atoms with Gasteiger partial charge >= 0.3 is 0 Å². The predicted octanol–water partition coefficient (Wildman–Crippen LogP) is 4.08. The molecule has 2 nitrogen and oxygen atoms in total.